The van der Waals surface area contributed by atoms with E-state index in [2.05, 4.69) is 11.1 Å². The summed E-state index contributed by atoms with van der Waals surface area (Å²) in [5.74, 6) is 0. The first-order valence-electron chi connectivity index (χ1n) is 3.24. The molecular weight excluding hydrogens is 126 g/mol. The summed E-state index contributed by atoms with van der Waals surface area (Å²) in [5.41, 5.74) is 1.12. The molecule has 0 atom stereocenters. The molecule has 0 bridgehead atoms. The maximum Gasteiger partial charge on any atom is 0.241 e. The first-order valence-corrected chi connectivity index (χ1v) is 3.24. The molecule has 0 fully saturated rings. The maximum atomic E-state index is 8.26. The van der Waals surface area contributed by atoms with E-state index in [4.69, 9.17) is 5.26 Å². The molecule has 3 nitrogen and oxygen atoms in total. The van der Waals surface area contributed by atoms with Crippen LogP contribution in [0.4, 0.5) is 0 Å². The van der Waals surface area contributed by atoms with Gasteiger partial charge in [-0.25, -0.2) is 9.55 Å². The van der Waals surface area contributed by atoms with Gasteiger partial charge >= 0.3 is 0 Å². The number of aromatic amines is 1. The van der Waals surface area contributed by atoms with Crippen molar-refractivity contribution in [2.24, 2.45) is 0 Å². The van der Waals surface area contributed by atoms with E-state index in [-0.39, 0.29) is 0 Å². The fourth-order valence-electron chi connectivity index (χ4n) is 0.816. The van der Waals surface area contributed by atoms with Crippen molar-refractivity contribution in [3.63, 3.8) is 0 Å². The Hall–Kier alpha value is -1.30. The first kappa shape index (κ1) is 6.81. The van der Waals surface area contributed by atoms with Crippen LogP contribution >= 0.6 is 0 Å². The minimum Gasteiger partial charge on any atom is -0.248 e. The largest absolute Gasteiger partial charge is 0.248 e. The number of imidazole rings is 1. The molecule has 0 spiro atoms. The van der Waals surface area contributed by atoms with Crippen LogP contribution in [-0.2, 0) is 6.54 Å². The third-order valence-electron chi connectivity index (χ3n) is 1.30. The van der Waals surface area contributed by atoms with Crippen molar-refractivity contribution in [1.82, 2.24) is 4.98 Å². The van der Waals surface area contributed by atoms with Crippen molar-refractivity contribution in [2.45, 2.75) is 19.9 Å². The minimum absolute atomic E-state index is 0.571. The number of rotatable bonds is 2. The molecule has 3 heteroatoms. The zero-order valence-electron chi connectivity index (χ0n) is 5.96. The van der Waals surface area contributed by atoms with Crippen molar-refractivity contribution in [3.8, 4) is 6.07 Å². The highest BCUT2D eigenvalue weighted by Gasteiger charge is 1.98. The molecular formula is C7H10N3+. The summed E-state index contributed by atoms with van der Waals surface area (Å²) in [6.07, 6.45) is 4.42. The Morgan fingerprint density at radius 1 is 1.80 bits per heavy atom. The van der Waals surface area contributed by atoms with Gasteiger partial charge in [0.2, 0.25) is 6.33 Å². The second-order valence-electron chi connectivity index (χ2n) is 2.23. The Morgan fingerprint density at radius 3 is 3.10 bits per heavy atom. The molecule has 1 N–H and O–H groups in total. The van der Waals surface area contributed by atoms with Crippen molar-refractivity contribution in [3.05, 3.63) is 18.2 Å². The molecule has 0 saturated heterocycles. The number of aromatic nitrogens is 2. The second kappa shape index (κ2) is 3.02. The molecule has 0 unspecified atom stereocenters. The third-order valence-corrected chi connectivity index (χ3v) is 1.30. The standard InChI is InChI=1S/C7H9N3/c1-7-5-10(6-9-7)4-2-3-8/h5-6H,2,4H2,1H3/p+1. The molecule has 1 heterocycles. The van der Waals surface area contributed by atoms with E-state index in [0.717, 1.165) is 12.2 Å². The zero-order valence-corrected chi connectivity index (χ0v) is 5.96. The predicted octanol–water partition coefficient (Wildman–Crippen LogP) is 0.524. The summed E-state index contributed by atoms with van der Waals surface area (Å²) in [6.45, 7) is 2.77. The van der Waals surface area contributed by atoms with Gasteiger partial charge in [0.1, 0.15) is 18.4 Å². The number of H-pyrrole nitrogens is 1. The monoisotopic (exact) mass is 136 g/mol. The van der Waals surface area contributed by atoms with Gasteiger partial charge in [0.05, 0.1) is 12.5 Å². The fourth-order valence-corrected chi connectivity index (χ4v) is 0.816. The number of nitrogens with zero attached hydrogens (tertiary/aromatic N) is 2. The van der Waals surface area contributed by atoms with Crippen molar-refractivity contribution >= 4 is 0 Å². The van der Waals surface area contributed by atoms with Gasteiger partial charge in [0.15, 0.2) is 0 Å². The number of aryl methyl sites for hydroxylation is 2. The number of nitrogens with one attached hydrogen (secondary N) is 1. The van der Waals surface area contributed by atoms with Gasteiger partial charge in [0.25, 0.3) is 0 Å². The summed E-state index contributed by atoms with van der Waals surface area (Å²) in [7, 11) is 0. The molecule has 1 aromatic rings. The maximum absolute atomic E-state index is 8.26. The highest BCUT2D eigenvalue weighted by atomic mass is 15.0. The second-order valence-corrected chi connectivity index (χ2v) is 2.23. The van der Waals surface area contributed by atoms with E-state index in [1.165, 1.54) is 0 Å². The van der Waals surface area contributed by atoms with Gasteiger partial charge in [-0.05, 0) is 0 Å². The van der Waals surface area contributed by atoms with Gasteiger partial charge < -0.3 is 0 Å². The number of hydrogen-bond acceptors (Lipinski definition) is 1. The van der Waals surface area contributed by atoms with Crippen LogP contribution in [0.1, 0.15) is 12.1 Å². The average Bonchev–Trinajstić information content (AvgIpc) is 2.31. The Labute approximate surface area is 59.9 Å². The lowest BCUT2D eigenvalue weighted by Gasteiger charge is -1.84. The van der Waals surface area contributed by atoms with Crippen molar-refractivity contribution < 1.29 is 4.57 Å². The Bertz CT molecular complexity index is 244. The predicted molar refractivity (Wildman–Crippen MR) is 36.0 cm³/mol. The van der Waals surface area contributed by atoms with Gasteiger partial charge in [-0.3, -0.25) is 0 Å². The molecule has 1 rings (SSSR count). The molecule has 0 amide bonds. The van der Waals surface area contributed by atoms with Crippen LogP contribution in [0.2, 0.25) is 0 Å². The Balaban J connectivity index is 2.52. The van der Waals surface area contributed by atoms with E-state index in [0.29, 0.717) is 6.42 Å². The van der Waals surface area contributed by atoms with E-state index in [1.54, 1.807) is 0 Å². The molecule has 10 heavy (non-hydrogen) atoms. The van der Waals surface area contributed by atoms with Crippen LogP contribution in [0.25, 0.3) is 0 Å². The van der Waals surface area contributed by atoms with Crippen LogP contribution in [0.3, 0.4) is 0 Å². The SMILES string of the molecule is Cc1c[n+](CCC#N)c[nH]1. The summed E-state index contributed by atoms with van der Waals surface area (Å²) < 4.78 is 1.97. The summed E-state index contributed by atoms with van der Waals surface area (Å²) in [6, 6.07) is 2.09. The molecule has 52 valence electrons. The average molecular weight is 136 g/mol. The molecule has 0 saturated carbocycles. The van der Waals surface area contributed by atoms with E-state index in [9.17, 15) is 0 Å². The lowest BCUT2D eigenvalue weighted by atomic mass is 10.4. The molecule has 0 aliphatic heterocycles. The van der Waals surface area contributed by atoms with Crippen LogP contribution in [-0.4, -0.2) is 4.98 Å². The lowest BCUT2D eigenvalue weighted by Crippen LogP contribution is -2.30. The van der Waals surface area contributed by atoms with E-state index < -0.39 is 0 Å². The van der Waals surface area contributed by atoms with Gasteiger partial charge in [-0.2, -0.15) is 5.26 Å². The van der Waals surface area contributed by atoms with E-state index in [1.807, 2.05) is 24.0 Å². The molecule has 0 aromatic carbocycles. The molecule has 1 aromatic heterocycles. The van der Waals surface area contributed by atoms with Gasteiger partial charge in [0, 0.05) is 6.92 Å². The van der Waals surface area contributed by atoms with Crippen molar-refractivity contribution in [1.29, 1.82) is 5.26 Å². The van der Waals surface area contributed by atoms with Gasteiger partial charge in [-0.15, -0.1) is 0 Å². The Kier molecular flexibility index (Phi) is 2.06. The van der Waals surface area contributed by atoms with Crippen LogP contribution in [0.5, 0.6) is 0 Å². The van der Waals surface area contributed by atoms with Crippen molar-refractivity contribution in [2.75, 3.05) is 0 Å². The highest BCUT2D eigenvalue weighted by Crippen LogP contribution is 1.83. The van der Waals surface area contributed by atoms with Crippen LogP contribution in [0.15, 0.2) is 12.5 Å². The zero-order chi connectivity index (χ0) is 7.40. The fraction of sp³-hybridized carbons (Fsp3) is 0.429. The van der Waals surface area contributed by atoms with Crippen LogP contribution in [0, 0.1) is 18.3 Å². The Morgan fingerprint density at radius 2 is 2.60 bits per heavy atom. The molecule has 0 radical (unpaired) electrons. The summed E-state index contributed by atoms with van der Waals surface area (Å²) in [4.78, 5) is 3.03. The number of nitriles is 1. The quantitative estimate of drug-likeness (QED) is 0.592. The lowest BCUT2D eigenvalue weighted by molar-refractivity contribution is -0.694. The van der Waals surface area contributed by atoms with Gasteiger partial charge in [-0.1, -0.05) is 0 Å². The summed E-state index contributed by atoms with van der Waals surface area (Å²) in [5, 5.41) is 8.26. The first-order chi connectivity index (χ1) is 4.83. The van der Waals surface area contributed by atoms with Crippen LogP contribution < -0.4 is 4.57 Å². The van der Waals surface area contributed by atoms with E-state index >= 15 is 0 Å². The summed E-state index contributed by atoms with van der Waals surface area (Å²) >= 11 is 0. The minimum atomic E-state index is 0.571. The normalized spacial score (nSPS) is 9.20. The highest BCUT2D eigenvalue weighted by molar-refractivity contribution is 4.82. The molecule has 0 aliphatic carbocycles. The topological polar surface area (TPSA) is 43.5 Å². The third kappa shape index (κ3) is 1.59. The molecule has 0 aliphatic rings. The smallest absolute Gasteiger partial charge is 0.241 e. The number of hydrogen-bond donors (Lipinski definition) is 1.